The highest BCUT2D eigenvalue weighted by atomic mass is 32.2. The predicted molar refractivity (Wildman–Crippen MR) is 128 cm³/mol. The second kappa shape index (κ2) is 9.73. The van der Waals surface area contributed by atoms with Gasteiger partial charge in [0.2, 0.25) is 15.9 Å². The quantitative estimate of drug-likeness (QED) is 0.669. The van der Waals surface area contributed by atoms with E-state index >= 15 is 0 Å². The molecule has 0 saturated carbocycles. The maximum absolute atomic E-state index is 12.9. The van der Waals surface area contributed by atoms with Gasteiger partial charge in [-0.2, -0.15) is 4.72 Å². The van der Waals surface area contributed by atoms with Crippen LogP contribution < -0.4 is 10.0 Å². The minimum absolute atomic E-state index is 0.119. The van der Waals surface area contributed by atoms with E-state index in [-0.39, 0.29) is 22.3 Å². The van der Waals surface area contributed by atoms with Crippen molar-refractivity contribution in [3.8, 4) is 0 Å². The van der Waals surface area contributed by atoms with E-state index in [0.29, 0.717) is 6.54 Å². The number of hydrogen-bond donors (Lipinski definition) is 2. The lowest BCUT2D eigenvalue weighted by Gasteiger charge is -2.38. The molecule has 1 heterocycles. The Morgan fingerprint density at radius 2 is 1.69 bits per heavy atom. The van der Waals surface area contributed by atoms with Gasteiger partial charge in [0.05, 0.1) is 10.9 Å². The molecule has 174 valence electrons. The van der Waals surface area contributed by atoms with Gasteiger partial charge in [-0.1, -0.05) is 62.7 Å². The van der Waals surface area contributed by atoms with Crippen LogP contribution in [-0.2, 0) is 27.8 Å². The van der Waals surface area contributed by atoms with Crippen molar-refractivity contribution in [2.24, 2.45) is 5.41 Å². The normalized spacial score (nSPS) is 16.8. The molecule has 2 aromatic carbocycles. The topological polar surface area (TPSA) is 78.5 Å². The lowest BCUT2D eigenvalue weighted by Crippen LogP contribution is -2.55. The molecule has 0 aromatic heterocycles. The molecular weight excluding hydrogens is 422 g/mol. The number of benzene rings is 2. The molecule has 1 aliphatic rings. The standard InChI is InChI=1S/C25H35N3O3S/c1-18-10-12-22(13-11-18)32(30,31)27-19(2)24(29)26-23(25(3,4)5)17-28-15-14-20-8-6-7-9-21(20)16-28/h6-13,19,23,27H,14-17H2,1-5H3,(H,26,29). The van der Waals surface area contributed by atoms with Crippen LogP contribution in [0, 0.1) is 12.3 Å². The fourth-order valence-corrected chi connectivity index (χ4v) is 5.08. The van der Waals surface area contributed by atoms with Gasteiger partial charge in [-0.05, 0) is 48.9 Å². The van der Waals surface area contributed by atoms with E-state index in [1.54, 1.807) is 31.2 Å². The number of rotatable bonds is 7. The number of nitrogens with one attached hydrogen (secondary N) is 2. The van der Waals surface area contributed by atoms with Gasteiger partial charge in [-0.15, -0.1) is 0 Å². The van der Waals surface area contributed by atoms with Crippen LogP contribution in [0.4, 0.5) is 0 Å². The first-order valence-corrected chi connectivity index (χ1v) is 12.6. The summed E-state index contributed by atoms with van der Waals surface area (Å²) in [4.78, 5) is 15.5. The SMILES string of the molecule is Cc1ccc(S(=O)(=O)NC(C)C(=O)NC(CN2CCc3ccccc3C2)C(C)(C)C)cc1. The van der Waals surface area contributed by atoms with Crippen molar-refractivity contribution in [2.45, 2.75) is 64.6 Å². The number of amides is 1. The van der Waals surface area contributed by atoms with Gasteiger partial charge in [0.15, 0.2) is 0 Å². The predicted octanol–water partition coefficient (Wildman–Crippen LogP) is 3.25. The third kappa shape index (κ3) is 6.18. The van der Waals surface area contributed by atoms with Crippen molar-refractivity contribution in [1.29, 1.82) is 0 Å². The Kier molecular flexibility index (Phi) is 7.43. The van der Waals surface area contributed by atoms with Crippen LogP contribution in [0.5, 0.6) is 0 Å². The van der Waals surface area contributed by atoms with Gasteiger partial charge in [0, 0.05) is 25.7 Å². The molecule has 32 heavy (non-hydrogen) atoms. The van der Waals surface area contributed by atoms with Crippen LogP contribution in [0.1, 0.15) is 44.4 Å². The minimum atomic E-state index is -3.77. The Labute approximate surface area is 192 Å². The molecule has 2 N–H and O–H groups in total. The van der Waals surface area contributed by atoms with E-state index in [1.165, 1.54) is 11.1 Å². The van der Waals surface area contributed by atoms with E-state index in [4.69, 9.17) is 0 Å². The molecule has 2 aromatic rings. The fourth-order valence-electron chi connectivity index (χ4n) is 3.87. The monoisotopic (exact) mass is 457 g/mol. The zero-order chi connectivity index (χ0) is 23.5. The molecule has 2 unspecified atom stereocenters. The molecule has 6 nitrogen and oxygen atoms in total. The maximum Gasteiger partial charge on any atom is 0.241 e. The van der Waals surface area contributed by atoms with E-state index in [1.807, 2.05) is 6.92 Å². The smallest absolute Gasteiger partial charge is 0.241 e. The molecular formula is C25H35N3O3S. The highest BCUT2D eigenvalue weighted by Crippen LogP contribution is 2.24. The van der Waals surface area contributed by atoms with Crippen LogP contribution in [-0.4, -0.2) is 44.4 Å². The number of fused-ring (bicyclic) bond motifs is 1. The highest BCUT2D eigenvalue weighted by Gasteiger charge is 2.31. The summed E-state index contributed by atoms with van der Waals surface area (Å²) in [6.45, 7) is 12.3. The van der Waals surface area contributed by atoms with E-state index < -0.39 is 16.1 Å². The average molecular weight is 458 g/mol. The third-order valence-corrected chi connectivity index (χ3v) is 7.63. The Hall–Kier alpha value is -2.22. The number of sulfonamides is 1. The zero-order valence-electron chi connectivity index (χ0n) is 19.7. The summed E-state index contributed by atoms with van der Waals surface area (Å²) in [5.41, 5.74) is 3.52. The summed E-state index contributed by atoms with van der Waals surface area (Å²) in [5, 5.41) is 3.10. The Morgan fingerprint density at radius 1 is 1.06 bits per heavy atom. The number of hydrogen-bond acceptors (Lipinski definition) is 4. The van der Waals surface area contributed by atoms with Crippen LogP contribution in [0.3, 0.4) is 0 Å². The third-order valence-electron chi connectivity index (χ3n) is 6.07. The fraction of sp³-hybridized carbons (Fsp3) is 0.480. The van der Waals surface area contributed by atoms with Crippen molar-refractivity contribution in [3.63, 3.8) is 0 Å². The number of nitrogens with zero attached hydrogens (tertiary/aromatic N) is 1. The zero-order valence-corrected chi connectivity index (χ0v) is 20.5. The molecule has 0 radical (unpaired) electrons. The number of carbonyl (C=O) groups excluding carboxylic acids is 1. The van der Waals surface area contributed by atoms with Gasteiger partial charge < -0.3 is 5.32 Å². The van der Waals surface area contributed by atoms with Crippen LogP contribution in [0.15, 0.2) is 53.4 Å². The van der Waals surface area contributed by atoms with Gasteiger partial charge >= 0.3 is 0 Å². The van der Waals surface area contributed by atoms with Crippen molar-refractivity contribution in [2.75, 3.05) is 13.1 Å². The first-order valence-electron chi connectivity index (χ1n) is 11.1. The van der Waals surface area contributed by atoms with Gasteiger partial charge in [-0.3, -0.25) is 9.69 Å². The van der Waals surface area contributed by atoms with Crippen molar-refractivity contribution < 1.29 is 13.2 Å². The second-order valence-electron chi connectivity index (χ2n) is 9.84. The van der Waals surface area contributed by atoms with Gasteiger partial charge in [0.25, 0.3) is 0 Å². The lowest BCUT2D eigenvalue weighted by molar-refractivity contribution is -0.124. The molecule has 1 amide bonds. The minimum Gasteiger partial charge on any atom is -0.350 e. The van der Waals surface area contributed by atoms with E-state index in [2.05, 4.69) is 60.0 Å². The molecule has 0 fully saturated rings. The summed E-state index contributed by atoms with van der Waals surface area (Å²) in [6.07, 6.45) is 0.994. The molecule has 1 aliphatic heterocycles. The Morgan fingerprint density at radius 3 is 2.31 bits per heavy atom. The van der Waals surface area contributed by atoms with Crippen LogP contribution in [0.2, 0.25) is 0 Å². The number of aryl methyl sites for hydroxylation is 1. The second-order valence-corrected chi connectivity index (χ2v) is 11.6. The molecule has 7 heteroatoms. The summed E-state index contributed by atoms with van der Waals surface area (Å²) < 4.78 is 27.9. The molecule has 2 atom stereocenters. The van der Waals surface area contributed by atoms with E-state index in [9.17, 15) is 13.2 Å². The van der Waals surface area contributed by atoms with Crippen molar-refractivity contribution >= 4 is 15.9 Å². The van der Waals surface area contributed by atoms with Crippen molar-refractivity contribution in [3.05, 3.63) is 65.2 Å². The Bertz CT molecular complexity index is 1040. The van der Waals surface area contributed by atoms with Crippen LogP contribution in [0.25, 0.3) is 0 Å². The lowest BCUT2D eigenvalue weighted by atomic mass is 9.85. The van der Waals surface area contributed by atoms with Crippen LogP contribution >= 0.6 is 0 Å². The van der Waals surface area contributed by atoms with Gasteiger partial charge in [-0.25, -0.2) is 8.42 Å². The summed E-state index contributed by atoms with van der Waals surface area (Å²) in [7, 11) is -3.77. The Balaban J connectivity index is 1.65. The molecule has 0 aliphatic carbocycles. The average Bonchev–Trinajstić information content (AvgIpc) is 2.72. The first-order chi connectivity index (χ1) is 15.0. The first kappa shape index (κ1) is 24.4. The summed E-state index contributed by atoms with van der Waals surface area (Å²) >= 11 is 0. The van der Waals surface area contributed by atoms with Gasteiger partial charge in [0.1, 0.15) is 0 Å². The highest BCUT2D eigenvalue weighted by molar-refractivity contribution is 7.89. The molecule has 3 rings (SSSR count). The van der Waals surface area contributed by atoms with Crippen molar-refractivity contribution in [1.82, 2.24) is 14.9 Å². The largest absolute Gasteiger partial charge is 0.350 e. The molecule has 0 bridgehead atoms. The molecule has 0 saturated heterocycles. The molecule has 0 spiro atoms. The van der Waals surface area contributed by atoms with E-state index in [0.717, 1.165) is 25.1 Å². The maximum atomic E-state index is 12.9. The summed E-state index contributed by atoms with van der Waals surface area (Å²) in [6, 6.07) is 14.1. The number of carbonyl (C=O) groups is 1. The summed E-state index contributed by atoms with van der Waals surface area (Å²) in [5.74, 6) is -0.321.